The Kier molecular flexibility index (Phi) is 12.8. The molecule has 0 radical (unpaired) electrons. The molecule has 4 N–H and O–H groups in total. The van der Waals surface area contributed by atoms with E-state index >= 15 is 0 Å². The van der Waals surface area contributed by atoms with E-state index in [1.807, 2.05) is 60.7 Å². The van der Waals surface area contributed by atoms with Gasteiger partial charge in [0.05, 0.1) is 13.2 Å². The first-order valence-corrected chi connectivity index (χ1v) is 14.5. The van der Waals surface area contributed by atoms with Crippen molar-refractivity contribution < 1.29 is 38.1 Å². The monoisotopic (exact) mass is 626 g/mol. The van der Waals surface area contributed by atoms with Crippen molar-refractivity contribution in [3.8, 4) is 0 Å². The van der Waals surface area contributed by atoms with Gasteiger partial charge in [-0.3, -0.25) is 21.3 Å². The number of hydrogen-bond acceptors (Lipinski definition) is 8. The topological polar surface area (TPSA) is 153 Å². The van der Waals surface area contributed by atoms with E-state index in [2.05, 4.69) is 21.3 Å². The molecule has 0 fully saturated rings. The number of amides is 4. The van der Waals surface area contributed by atoms with Crippen LogP contribution in [0.3, 0.4) is 0 Å². The molecular formula is C34H34N4O8. The van der Waals surface area contributed by atoms with Crippen LogP contribution in [0.2, 0.25) is 0 Å². The van der Waals surface area contributed by atoms with Crippen LogP contribution in [0.1, 0.15) is 24.0 Å². The van der Waals surface area contributed by atoms with Gasteiger partial charge in [-0.05, 0) is 72.5 Å². The molecule has 0 unspecified atom stereocenters. The summed E-state index contributed by atoms with van der Waals surface area (Å²) in [6.07, 6.45) is -1.49. The lowest BCUT2D eigenvalue weighted by Crippen LogP contribution is -2.16. The molecule has 0 aliphatic heterocycles. The molecule has 0 aromatic heterocycles. The molecule has 4 aromatic rings. The van der Waals surface area contributed by atoms with Gasteiger partial charge < -0.3 is 18.9 Å². The highest BCUT2D eigenvalue weighted by molar-refractivity contribution is 5.88. The maximum Gasteiger partial charge on any atom is 0.411 e. The van der Waals surface area contributed by atoms with Crippen LogP contribution in [-0.2, 0) is 32.2 Å². The van der Waals surface area contributed by atoms with Crippen LogP contribution in [0.15, 0.2) is 109 Å². The minimum Gasteiger partial charge on any atom is -0.449 e. The Labute approximate surface area is 266 Å². The van der Waals surface area contributed by atoms with Gasteiger partial charge in [-0.1, -0.05) is 60.7 Å². The van der Waals surface area contributed by atoms with Gasteiger partial charge in [-0.15, -0.1) is 0 Å². The van der Waals surface area contributed by atoms with Crippen LogP contribution in [0, 0.1) is 0 Å². The number of unbranched alkanes of at least 4 members (excludes halogenated alkanes) is 1. The Morgan fingerprint density at radius 2 is 0.674 bits per heavy atom. The van der Waals surface area contributed by atoms with Crippen molar-refractivity contribution in [2.45, 2.75) is 26.1 Å². The van der Waals surface area contributed by atoms with E-state index in [4.69, 9.17) is 18.9 Å². The molecule has 238 valence electrons. The second-order valence-electron chi connectivity index (χ2n) is 9.76. The molecule has 0 bridgehead atoms. The summed E-state index contributed by atoms with van der Waals surface area (Å²) >= 11 is 0. The lowest BCUT2D eigenvalue weighted by molar-refractivity contribution is 0.143. The van der Waals surface area contributed by atoms with Gasteiger partial charge in [-0.2, -0.15) is 0 Å². The number of carbonyl (C=O) groups excluding carboxylic acids is 4. The van der Waals surface area contributed by atoms with Gasteiger partial charge in [0.2, 0.25) is 0 Å². The zero-order valence-electron chi connectivity index (χ0n) is 24.9. The fraction of sp³-hybridized carbons (Fsp3) is 0.176. The van der Waals surface area contributed by atoms with Crippen molar-refractivity contribution in [3.63, 3.8) is 0 Å². The summed E-state index contributed by atoms with van der Waals surface area (Å²) in [6.45, 7) is 0.572. The first-order chi connectivity index (χ1) is 22.4. The lowest BCUT2D eigenvalue weighted by atomic mass is 10.2. The van der Waals surface area contributed by atoms with Crippen LogP contribution >= 0.6 is 0 Å². The third-order valence-electron chi connectivity index (χ3n) is 6.19. The quantitative estimate of drug-likeness (QED) is 0.0867. The Morgan fingerprint density at radius 1 is 0.391 bits per heavy atom. The van der Waals surface area contributed by atoms with Crippen LogP contribution in [0.4, 0.5) is 41.9 Å². The fourth-order valence-corrected chi connectivity index (χ4v) is 3.87. The molecule has 4 aromatic carbocycles. The normalized spacial score (nSPS) is 10.2. The molecule has 4 rings (SSSR count). The average Bonchev–Trinajstić information content (AvgIpc) is 3.07. The number of benzene rings is 4. The van der Waals surface area contributed by atoms with Crippen molar-refractivity contribution in [3.05, 3.63) is 120 Å². The van der Waals surface area contributed by atoms with E-state index in [9.17, 15) is 19.2 Å². The Morgan fingerprint density at radius 3 is 0.978 bits per heavy atom. The van der Waals surface area contributed by atoms with Crippen molar-refractivity contribution in [2.24, 2.45) is 0 Å². The summed E-state index contributed by atoms with van der Waals surface area (Å²) in [6, 6.07) is 31.6. The maximum absolute atomic E-state index is 12.1. The molecule has 0 aliphatic rings. The number of nitrogens with one attached hydrogen (secondary N) is 4. The van der Waals surface area contributed by atoms with Crippen molar-refractivity contribution in [1.82, 2.24) is 0 Å². The predicted molar refractivity (Wildman–Crippen MR) is 173 cm³/mol. The molecule has 0 heterocycles. The minimum atomic E-state index is -0.635. The van der Waals surface area contributed by atoms with E-state index in [1.54, 1.807) is 48.5 Å². The highest BCUT2D eigenvalue weighted by Gasteiger charge is 2.08. The summed E-state index contributed by atoms with van der Waals surface area (Å²) in [5.41, 5.74) is 3.74. The summed E-state index contributed by atoms with van der Waals surface area (Å²) in [7, 11) is 0. The van der Waals surface area contributed by atoms with E-state index in [0.29, 0.717) is 35.6 Å². The predicted octanol–water partition coefficient (Wildman–Crippen LogP) is 7.76. The molecule has 12 heteroatoms. The van der Waals surface area contributed by atoms with E-state index < -0.39 is 24.4 Å². The second-order valence-corrected chi connectivity index (χ2v) is 9.76. The highest BCUT2D eigenvalue weighted by Crippen LogP contribution is 2.16. The summed E-state index contributed by atoms with van der Waals surface area (Å²) in [4.78, 5) is 48.1. The van der Waals surface area contributed by atoms with Crippen LogP contribution in [-0.4, -0.2) is 37.6 Å². The molecule has 46 heavy (non-hydrogen) atoms. The van der Waals surface area contributed by atoms with Crippen molar-refractivity contribution in [2.75, 3.05) is 34.5 Å². The molecule has 0 aliphatic carbocycles. The van der Waals surface area contributed by atoms with Crippen molar-refractivity contribution in [1.29, 1.82) is 0 Å². The molecule has 0 saturated heterocycles. The number of hydrogen-bond donors (Lipinski definition) is 4. The first-order valence-electron chi connectivity index (χ1n) is 14.5. The van der Waals surface area contributed by atoms with Gasteiger partial charge in [0.1, 0.15) is 13.2 Å². The number of ether oxygens (including phenoxy) is 4. The highest BCUT2D eigenvalue weighted by atomic mass is 16.6. The van der Waals surface area contributed by atoms with Crippen LogP contribution in [0.25, 0.3) is 0 Å². The van der Waals surface area contributed by atoms with Crippen LogP contribution < -0.4 is 21.3 Å². The largest absolute Gasteiger partial charge is 0.449 e. The summed E-state index contributed by atoms with van der Waals surface area (Å²) in [5.74, 6) is 0. The van der Waals surface area contributed by atoms with Gasteiger partial charge >= 0.3 is 24.4 Å². The molecule has 0 saturated carbocycles. The second kappa shape index (κ2) is 17.9. The van der Waals surface area contributed by atoms with E-state index in [1.165, 1.54) is 0 Å². The third kappa shape index (κ3) is 12.3. The van der Waals surface area contributed by atoms with Gasteiger partial charge in [0, 0.05) is 22.7 Å². The molecule has 0 atom stereocenters. The Hall–Kier alpha value is -6.04. The third-order valence-corrected chi connectivity index (χ3v) is 6.19. The van der Waals surface area contributed by atoms with Crippen molar-refractivity contribution >= 4 is 47.1 Å². The zero-order valence-corrected chi connectivity index (χ0v) is 24.9. The Bertz CT molecular complexity index is 1430. The summed E-state index contributed by atoms with van der Waals surface area (Å²) < 4.78 is 20.7. The molecule has 12 nitrogen and oxygen atoms in total. The number of rotatable bonds is 13. The van der Waals surface area contributed by atoms with Crippen LogP contribution in [0.5, 0.6) is 0 Å². The number of carbonyl (C=O) groups is 4. The number of anilines is 4. The summed E-state index contributed by atoms with van der Waals surface area (Å²) in [5, 5.41) is 10.4. The van der Waals surface area contributed by atoms with E-state index in [-0.39, 0.29) is 26.4 Å². The molecule has 4 amide bonds. The average molecular weight is 627 g/mol. The molecular weight excluding hydrogens is 592 g/mol. The Balaban J connectivity index is 1.03. The van der Waals surface area contributed by atoms with E-state index in [0.717, 1.165) is 11.1 Å². The lowest BCUT2D eigenvalue weighted by Gasteiger charge is -2.10. The SMILES string of the molecule is O=C(Nc1ccc(NC(=O)OCc2ccccc2)cc1)OCCCCOC(=O)Nc1ccc(NC(=O)OCc2ccccc2)cc1. The minimum absolute atomic E-state index is 0.131. The standard InChI is InChI=1S/C34H34N4O8/c39-31(35-27-13-17-29(18-14-27)37-33(41)45-23-25-9-3-1-4-10-25)43-21-7-8-22-44-32(40)36-28-15-19-30(20-16-28)38-34(42)46-24-26-11-5-2-6-12-26/h1-6,9-20H,7-8,21-24H2,(H,35,39)(H,36,40)(H,37,41)(H,38,42). The van der Waals surface area contributed by atoms with Gasteiger partial charge in [0.25, 0.3) is 0 Å². The smallest absolute Gasteiger partial charge is 0.411 e. The zero-order chi connectivity index (χ0) is 32.4. The van der Waals surface area contributed by atoms with Gasteiger partial charge in [0.15, 0.2) is 0 Å². The fourth-order valence-electron chi connectivity index (χ4n) is 3.87. The van der Waals surface area contributed by atoms with Gasteiger partial charge in [-0.25, -0.2) is 19.2 Å². The maximum atomic E-state index is 12.1. The molecule has 0 spiro atoms. The first kappa shape index (κ1) is 32.9.